The Bertz CT molecular complexity index is 816. The van der Waals surface area contributed by atoms with Crippen molar-refractivity contribution < 1.29 is 9.59 Å². The lowest BCUT2D eigenvalue weighted by molar-refractivity contribution is 0.0682. The molecule has 0 bridgehead atoms. The van der Waals surface area contributed by atoms with Crippen LogP contribution in [-0.4, -0.2) is 52.0 Å². The summed E-state index contributed by atoms with van der Waals surface area (Å²) in [6.07, 6.45) is 0. The highest BCUT2D eigenvalue weighted by molar-refractivity contribution is 6.42. The average molecular weight is 367 g/mol. The third kappa shape index (κ3) is 3.12. The molecule has 0 saturated heterocycles. The standard InChI is InChI=1S/C16H16Cl2N4O2/c1-20(2)15(23)13-8-14-16(24)21(5-6-22(14)19-13)9-10-3-4-11(17)12(18)7-10/h3-4,7-8H,5-6,9H2,1-2H3. The van der Waals surface area contributed by atoms with Crippen LogP contribution >= 0.6 is 23.2 Å². The van der Waals surface area contributed by atoms with Crippen molar-refractivity contribution in [2.24, 2.45) is 0 Å². The van der Waals surface area contributed by atoms with Crippen molar-refractivity contribution in [2.45, 2.75) is 13.1 Å². The van der Waals surface area contributed by atoms with Gasteiger partial charge in [0.2, 0.25) is 0 Å². The Morgan fingerprint density at radius 1 is 1.21 bits per heavy atom. The molecule has 0 spiro atoms. The van der Waals surface area contributed by atoms with E-state index in [-0.39, 0.29) is 17.5 Å². The zero-order valence-corrected chi connectivity index (χ0v) is 14.8. The SMILES string of the molecule is CN(C)C(=O)c1cc2n(n1)CCN(Cc1ccc(Cl)c(Cl)c1)C2=O. The van der Waals surface area contributed by atoms with Crippen LogP contribution in [0, 0.1) is 0 Å². The van der Waals surface area contributed by atoms with Gasteiger partial charge in [-0.1, -0.05) is 29.3 Å². The van der Waals surface area contributed by atoms with Gasteiger partial charge in [0.1, 0.15) is 5.69 Å². The predicted octanol–water partition coefficient (Wildman–Crippen LogP) is 2.55. The summed E-state index contributed by atoms with van der Waals surface area (Å²) in [5, 5.41) is 5.17. The number of amides is 2. The van der Waals surface area contributed by atoms with E-state index < -0.39 is 0 Å². The van der Waals surface area contributed by atoms with Crippen LogP contribution in [0.5, 0.6) is 0 Å². The van der Waals surface area contributed by atoms with Gasteiger partial charge in [-0.15, -0.1) is 0 Å². The number of carbonyl (C=O) groups is 2. The average Bonchev–Trinajstić information content (AvgIpc) is 2.97. The number of nitrogens with zero attached hydrogens (tertiary/aromatic N) is 4. The van der Waals surface area contributed by atoms with Crippen LogP contribution in [0.2, 0.25) is 10.0 Å². The number of benzene rings is 1. The maximum absolute atomic E-state index is 12.7. The lowest BCUT2D eigenvalue weighted by atomic mass is 10.2. The van der Waals surface area contributed by atoms with Crippen LogP contribution in [0.15, 0.2) is 24.3 Å². The van der Waals surface area contributed by atoms with Gasteiger partial charge in [-0.05, 0) is 17.7 Å². The van der Waals surface area contributed by atoms with Crippen LogP contribution in [0.4, 0.5) is 0 Å². The van der Waals surface area contributed by atoms with Gasteiger partial charge >= 0.3 is 0 Å². The Balaban J connectivity index is 1.81. The second-order valence-corrected chi connectivity index (χ2v) is 6.63. The second kappa shape index (κ2) is 6.45. The van der Waals surface area contributed by atoms with Gasteiger partial charge in [-0.3, -0.25) is 14.3 Å². The molecule has 3 rings (SSSR count). The summed E-state index contributed by atoms with van der Waals surface area (Å²) in [6, 6.07) is 6.86. The van der Waals surface area contributed by atoms with E-state index >= 15 is 0 Å². The van der Waals surface area contributed by atoms with Crippen LogP contribution < -0.4 is 0 Å². The summed E-state index contributed by atoms with van der Waals surface area (Å²) in [4.78, 5) is 27.8. The van der Waals surface area contributed by atoms with E-state index in [1.807, 2.05) is 6.07 Å². The zero-order chi connectivity index (χ0) is 17.4. The molecule has 8 heteroatoms. The summed E-state index contributed by atoms with van der Waals surface area (Å²) >= 11 is 11.9. The van der Waals surface area contributed by atoms with Crippen molar-refractivity contribution in [3.8, 4) is 0 Å². The monoisotopic (exact) mass is 366 g/mol. The number of aromatic nitrogens is 2. The number of halogens is 2. The number of hydrogen-bond acceptors (Lipinski definition) is 3. The summed E-state index contributed by atoms with van der Waals surface area (Å²) < 4.78 is 1.59. The number of hydrogen-bond donors (Lipinski definition) is 0. The van der Waals surface area contributed by atoms with Gasteiger partial charge in [-0.25, -0.2) is 0 Å². The molecule has 2 amide bonds. The highest BCUT2D eigenvalue weighted by Crippen LogP contribution is 2.24. The minimum Gasteiger partial charge on any atom is -0.343 e. The molecule has 0 radical (unpaired) electrons. The Morgan fingerprint density at radius 3 is 2.62 bits per heavy atom. The Labute approximate surface area is 149 Å². The first kappa shape index (κ1) is 16.8. The molecule has 1 aromatic heterocycles. The molecule has 0 N–H and O–H groups in total. The van der Waals surface area contributed by atoms with Crippen molar-refractivity contribution in [1.82, 2.24) is 19.6 Å². The molecular weight excluding hydrogens is 351 g/mol. The van der Waals surface area contributed by atoms with Crippen LogP contribution in [-0.2, 0) is 13.1 Å². The number of rotatable bonds is 3. The van der Waals surface area contributed by atoms with E-state index in [0.29, 0.717) is 35.4 Å². The Hall–Kier alpha value is -2.05. The summed E-state index contributed by atoms with van der Waals surface area (Å²) in [6.45, 7) is 1.49. The van der Waals surface area contributed by atoms with Crippen molar-refractivity contribution in [1.29, 1.82) is 0 Å². The minimum atomic E-state index is -0.222. The molecule has 24 heavy (non-hydrogen) atoms. The molecule has 2 heterocycles. The fourth-order valence-electron chi connectivity index (χ4n) is 2.58. The highest BCUT2D eigenvalue weighted by Gasteiger charge is 2.28. The quantitative estimate of drug-likeness (QED) is 0.838. The predicted molar refractivity (Wildman–Crippen MR) is 91.4 cm³/mol. The Morgan fingerprint density at radius 2 is 1.96 bits per heavy atom. The fourth-order valence-corrected chi connectivity index (χ4v) is 2.90. The first-order valence-corrected chi connectivity index (χ1v) is 8.15. The van der Waals surface area contributed by atoms with Crippen LogP contribution in [0.3, 0.4) is 0 Å². The molecule has 0 atom stereocenters. The van der Waals surface area contributed by atoms with E-state index in [4.69, 9.17) is 23.2 Å². The lowest BCUT2D eigenvalue weighted by Crippen LogP contribution is -2.39. The number of carbonyl (C=O) groups excluding carboxylic acids is 2. The molecule has 0 unspecified atom stereocenters. The van der Waals surface area contributed by atoms with Crippen LogP contribution in [0.25, 0.3) is 0 Å². The second-order valence-electron chi connectivity index (χ2n) is 5.81. The maximum Gasteiger partial charge on any atom is 0.273 e. The summed E-state index contributed by atoms with van der Waals surface area (Å²) in [5.41, 5.74) is 1.60. The molecule has 1 aliphatic heterocycles. The van der Waals surface area contributed by atoms with E-state index in [1.54, 1.807) is 41.9 Å². The van der Waals surface area contributed by atoms with Gasteiger partial charge in [0.05, 0.1) is 16.6 Å². The number of fused-ring (bicyclic) bond motifs is 1. The Kier molecular flexibility index (Phi) is 4.51. The van der Waals surface area contributed by atoms with E-state index in [2.05, 4.69) is 5.10 Å². The molecule has 126 valence electrons. The fraction of sp³-hybridized carbons (Fsp3) is 0.312. The summed E-state index contributed by atoms with van der Waals surface area (Å²) in [5.74, 6) is -0.377. The van der Waals surface area contributed by atoms with E-state index in [1.165, 1.54) is 4.90 Å². The third-order valence-corrected chi connectivity index (χ3v) is 4.59. The molecule has 6 nitrogen and oxygen atoms in total. The molecule has 1 aromatic carbocycles. The first-order valence-electron chi connectivity index (χ1n) is 7.39. The van der Waals surface area contributed by atoms with Crippen molar-refractivity contribution in [3.63, 3.8) is 0 Å². The molecule has 1 aliphatic rings. The zero-order valence-electron chi connectivity index (χ0n) is 13.3. The van der Waals surface area contributed by atoms with Gasteiger partial charge in [0, 0.05) is 33.3 Å². The van der Waals surface area contributed by atoms with Crippen molar-refractivity contribution in [2.75, 3.05) is 20.6 Å². The van der Waals surface area contributed by atoms with Gasteiger partial charge < -0.3 is 9.80 Å². The lowest BCUT2D eigenvalue weighted by Gasteiger charge is -2.27. The van der Waals surface area contributed by atoms with Gasteiger partial charge in [0.25, 0.3) is 11.8 Å². The topological polar surface area (TPSA) is 58.4 Å². The summed E-state index contributed by atoms with van der Waals surface area (Å²) in [7, 11) is 3.30. The maximum atomic E-state index is 12.7. The van der Waals surface area contributed by atoms with Crippen molar-refractivity contribution >= 4 is 35.0 Å². The minimum absolute atomic E-state index is 0.155. The molecule has 0 saturated carbocycles. The van der Waals surface area contributed by atoms with Gasteiger partial charge in [0.15, 0.2) is 5.69 Å². The molecule has 0 aliphatic carbocycles. The third-order valence-electron chi connectivity index (χ3n) is 3.85. The smallest absolute Gasteiger partial charge is 0.273 e. The van der Waals surface area contributed by atoms with Gasteiger partial charge in [-0.2, -0.15) is 5.10 Å². The normalized spacial score (nSPS) is 13.8. The van der Waals surface area contributed by atoms with E-state index in [0.717, 1.165) is 5.56 Å². The van der Waals surface area contributed by atoms with E-state index in [9.17, 15) is 9.59 Å². The van der Waals surface area contributed by atoms with Crippen LogP contribution in [0.1, 0.15) is 26.5 Å². The molecular formula is C16H16Cl2N4O2. The van der Waals surface area contributed by atoms with Crippen molar-refractivity contribution in [3.05, 3.63) is 51.3 Å². The molecule has 0 fully saturated rings. The highest BCUT2D eigenvalue weighted by atomic mass is 35.5. The molecule has 2 aromatic rings. The largest absolute Gasteiger partial charge is 0.343 e. The first-order chi connectivity index (χ1) is 11.4.